The summed E-state index contributed by atoms with van der Waals surface area (Å²) < 4.78 is 18.1. The molecule has 21 heavy (non-hydrogen) atoms. The van der Waals surface area contributed by atoms with Crippen molar-refractivity contribution in [3.63, 3.8) is 0 Å². The largest absolute Gasteiger partial charge is 0.361 e. The third-order valence-electron chi connectivity index (χ3n) is 3.41. The fourth-order valence-corrected chi connectivity index (χ4v) is 2.22. The van der Waals surface area contributed by atoms with Crippen molar-refractivity contribution in [3.8, 4) is 0 Å². The summed E-state index contributed by atoms with van der Waals surface area (Å²) in [5.74, 6) is 0.485. The number of hydrogen-bond acceptors (Lipinski definition) is 3. The number of rotatable bonds is 6. The van der Waals surface area contributed by atoms with E-state index in [0.717, 1.165) is 22.6 Å². The molecule has 0 aliphatic heterocycles. The Bertz CT molecular complexity index is 603. The van der Waals surface area contributed by atoms with Gasteiger partial charge in [-0.25, -0.2) is 4.39 Å². The van der Waals surface area contributed by atoms with Gasteiger partial charge in [0.15, 0.2) is 0 Å². The highest BCUT2D eigenvalue weighted by Crippen LogP contribution is 2.12. The van der Waals surface area contributed by atoms with Crippen LogP contribution in [0, 0.1) is 19.7 Å². The van der Waals surface area contributed by atoms with Gasteiger partial charge in [0.25, 0.3) is 0 Å². The number of carbonyl (C=O) groups excluding carboxylic acids is 1. The fraction of sp³-hybridized carbons (Fsp3) is 0.375. The lowest BCUT2D eigenvalue weighted by Gasteiger charge is -2.05. The third kappa shape index (κ3) is 4.41. The van der Waals surface area contributed by atoms with Gasteiger partial charge in [-0.05, 0) is 44.4 Å². The van der Waals surface area contributed by atoms with Gasteiger partial charge in [0, 0.05) is 18.5 Å². The molecule has 1 N–H and O–H groups in total. The highest BCUT2D eigenvalue weighted by molar-refractivity contribution is 5.76. The molecule has 0 fully saturated rings. The van der Waals surface area contributed by atoms with E-state index in [1.807, 2.05) is 19.9 Å². The highest BCUT2D eigenvalue weighted by Gasteiger charge is 2.09. The molecule has 0 bridgehead atoms. The Hall–Kier alpha value is -2.17. The van der Waals surface area contributed by atoms with Gasteiger partial charge in [0.1, 0.15) is 11.6 Å². The van der Waals surface area contributed by atoms with Crippen LogP contribution in [0.15, 0.2) is 28.8 Å². The van der Waals surface area contributed by atoms with E-state index in [-0.39, 0.29) is 11.7 Å². The molecule has 1 heterocycles. The molecule has 1 aromatic carbocycles. The monoisotopic (exact) mass is 290 g/mol. The van der Waals surface area contributed by atoms with Gasteiger partial charge in [0.2, 0.25) is 5.91 Å². The Kier molecular flexibility index (Phi) is 5.09. The molecule has 0 atom stereocenters. The molecular formula is C16H19FN2O2. The van der Waals surface area contributed by atoms with Crippen molar-refractivity contribution in [1.82, 2.24) is 10.5 Å². The second kappa shape index (κ2) is 7.02. The molecule has 0 aliphatic carbocycles. The Balaban J connectivity index is 1.73. The average Bonchev–Trinajstić information content (AvgIpc) is 2.77. The van der Waals surface area contributed by atoms with E-state index in [4.69, 9.17) is 4.52 Å². The van der Waals surface area contributed by atoms with Crippen molar-refractivity contribution in [2.24, 2.45) is 0 Å². The van der Waals surface area contributed by atoms with Crippen molar-refractivity contribution in [3.05, 3.63) is 52.7 Å². The number of carbonyl (C=O) groups is 1. The van der Waals surface area contributed by atoms with Crippen LogP contribution in [-0.4, -0.2) is 17.6 Å². The smallest absolute Gasteiger partial charge is 0.220 e. The van der Waals surface area contributed by atoms with Gasteiger partial charge in [-0.1, -0.05) is 17.3 Å². The lowest BCUT2D eigenvalue weighted by molar-refractivity contribution is -0.121. The SMILES string of the molecule is Cc1noc(C)c1CCNC(=O)CCc1cccc(F)c1. The van der Waals surface area contributed by atoms with E-state index < -0.39 is 0 Å². The highest BCUT2D eigenvalue weighted by atomic mass is 19.1. The van der Waals surface area contributed by atoms with Crippen LogP contribution in [0.4, 0.5) is 4.39 Å². The van der Waals surface area contributed by atoms with Crippen LogP contribution in [-0.2, 0) is 17.6 Å². The number of aromatic nitrogens is 1. The Morgan fingerprint density at radius 2 is 2.14 bits per heavy atom. The number of halogens is 1. The second-order valence-corrected chi connectivity index (χ2v) is 5.03. The lowest BCUT2D eigenvalue weighted by Crippen LogP contribution is -2.26. The quantitative estimate of drug-likeness (QED) is 0.890. The van der Waals surface area contributed by atoms with Gasteiger partial charge in [-0.2, -0.15) is 0 Å². The zero-order chi connectivity index (χ0) is 15.2. The maximum atomic E-state index is 13.0. The molecule has 2 aromatic rings. The summed E-state index contributed by atoms with van der Waals surface area (Å²) in [4.78, 5) is 11.8. The normalized spacial score (nSPS) is 10.6. The van der Waals surface area contributed by atoms with Gasteiger partial charge in [-0.3, -0.25) is 4.79 Å². The van der Waals surface area contributed by atoms with E-state index in [1.54, 1.807) is 6.07 Å². The summed E-state index contributed by atoms with van der Waals surface area (Å²) in [5.41, 5.74) is 2.73. The van der Waals surface area contributed by atoms with Crippen LogP contribution < -0.4 is 5.32 Å². The average molecular weight is 290 g/mol. The first-order valence-electron chi connectivity index (χ1n) is 6.99. The minimum atomic E-state index is -0.272. The summed E-state index contributed by atoms with van der Waals surface area (Å²) in [6, 6.07) is 6.32. The standard InChI is InChI=1S/C16H19FN2O2/c1-11-15(12(2)21-19-11)8-9-18-16(20)7-6-13-4-3-5-14(17)10-13/h3-5,10H,6-9H2,1-2H3,(H,18,20). The molecule has 0 saturated carbocycles. The van der Waals surface area contributed by atoms with E-state index in [1.165, 1.54) is 12.1 Å². The van der Waals surface area contributed by atoms with Gasteiger partial charge in [-0.15, -0.1) is 0 Å². The molecule has 112 valence electrons. The number of nitrogens with zero attached hydrogens (tertiary/aromatic N) is 1. The summed E-state index contributed by atoms with van der Waals surface area (Å²) >= 11 is 0. The van der Waals surface area contributed by atoms with Crippen LogP contribution in [0.3, 0.4) is 0 Å². The van der Waals surface area contributed by atoms with E-state index in [2.05, 4.69) is 10.5 Å². The molecule has 0 spiro atoms. The molecule has 2 rings (SSSR count). The van der Waals surface area contributed by atoms with Crippen molar-refractivity contribution >= 4 is 5.91 Å². The summed E-state index contributed by atoms with van der Waals surface area (Å²) in [7, 11) is 0. The van der Waals surface area contributed by atoms with Crippen molar-refractivity contribution in [1.29, 1.82) is 0 Å². The number of benzene rings is 1. The molecular weight excluding hydrogens is 271 g/mol. The van der Waals surface area contributed by atoms with Crippen molar-refractivity contribution in [2.45, 2.75) is 33.1 Å². The molecule has 1 amide bonds. The summed E-state index contributed by atoms with van der Waals surface area (Å²) in [6.45, 7) is 4.30. The maximum absolute atomic E-state index is 13.0. The molecule has 0 unspecified atom stereocenters. The number of nitrogens with one attached hydrogen (secondary N) is 1. The van der Waals surface area contributed by atoms with E-state index in [0.29, 0.717) is 25.8 Å². The number of hydrogen-bond donors (Lipinski definition) is 1. The van der Waals surface area contributed by atoms with E-state index in [9.17, 15) is 9.18 Å². The zero-order valence-electron chi connectivity index (χ0n) is 12.3. The Morgan fingerprint density at radius 3 is 2.81 bits per heavy atom. The summed E-state index contributed by atoms with van der Waals surface area (Å²) in [6.07, 6.45) is 1.59. The third-order valence-corrected chi connectivity index (χ3v) is 3.41. The lowest BCUT2D eigenvalue weighted by atomic mass is 10.1. The van der Waals surface area contributed by atoms with Gasteiger partial charge in [0.05, 0.1) is 5.69 Å². The molecule has 0 aliphatic rings. The maximum Gasteiger partial charge on any atom is 0.220 e. The molecule has 5 heteroatoms. The predicted molar refractivity (Wildman–Crippen MR) is 77.4 cm³/mol. The van der Waals surface area contributed by atoms with Crippen LogP contribution in [0.1, 0.15) is 29.0 Å². The van der Waals surface area contributed by atoms with Crippen LogP contribution in [0.2, 0.25) is 0 Å². The summed E-state index contributed by atoms with van der Waals surface area (Å²) in [5, 5.41) is 6.73. The first-order valence-corrected chi connectivity index (χ1v) is 6.99. The minimum Gasteiger partial charge on any atom is -0.361 e. The first kappa shape index (κ1) is 15.2. The number of amides is 1. The molecule has 1 aromatic heterocycles. The minimum absolute atomic E-state index is 0.0361. The van der Waals surface area contributed by atoms with Crippen LogP contribution >= 0.6 is 0 Å². The van der Waals surface area contributed by atoms with E-state index >= 15 is 0 Å². The Labute approximate surface area is 123 Å². The number of aryl methyl sites for hydroxylation is 3. The zero-order valence-corrected chi connectivity index (χ0v) is 12.3. The van der Waals surface area contributed by atoms with Gasteiger partial charge >= 0.3 is 0 Å². The van der Waals surface area contributed by atoms with Crippen molar-refractivity contribution < 1.29 is 13.7 Å². The Morgan fingerprint density at radius 1 is 1.33 bits per heavy atom. The van der Waals surface area contributed by atoms with Crippen molar-refractivity contribution in [2.75, 3.05) is 6.54 Å². The van der Waals surface area contributed by atoms with Crippen LogP contribution in [0.5, 0.6) is 0 Å². The first-order chi connectivity index (χ1) is 10.1. The molecule has 4 nitrogen and oxygen atoms in total. The topological polar surface area (TPSA) is 55.1 Å². The molecule has 0 radical (unpaired) electrons. The predicted octanol–water partition coefficient (Wildman–Crippen LogP) is 2.72. The fourth-order valence-electron chi connectivity index (χ4n) is 2.22. The van der Waals surface area contributed by atoms with Gasteiger partial charge < -0.3 is 9.84 Å². The molecule has 0 saturated heterocycles. The van der Waals surface area contributed by atoms with Crippen LogP contribution in [0.25, 0.3) is 0 Å². The second-order valence-electron chi connectivity index (χ2n) is 5.03.